The number of hydrogen-bond acceptors (Lipinski definition) is 14. The fourth-order valence-electron chi connectivity index (χ4n) is 6.97. The Morgan fingerprint density at radius 1 is 0.806 bits per heavy atom. The van der Waals surface area contributed by atoms with Gasteiger partial charge in [-0.2, -0.15) is 5.10 Å². The van der Waals surface area contributed by atoms with Crippen molar-refractivity contribution < 1.29 is 61.6 Å². The van der Waals surface area contributed by atoms with Crippen LogP contribution in [0.1, 0.15) is 80.5 Å². The molecule has 2 amide bonds. The van der Waals surface area contributed by atoms with E-state index in [0.717, 1.165) is 47.5 Å². The molecule has 0 unspecified atom stereocenters. The molecule has 0 saturated carbocycles. The third-order valence-corrected chi connectivity index (χ3v) is 11.4. The fourth-order valence-corrected chi connectivity index (χ4v) is 7.62. The van der Waals surface area contributed by atoms with Crippen molar-refractivity contribution in [3.63, 3.8) is 0 Å². The largest absolute Gasteiger partial charge is 1.00 e. The minimum Gasteiger partial charge on any atom is -0.744 e. The van der Waals surface area contributed by atoms with Crippen LogP contribution in [0, 0.1) is 0 Å². The van der Waals surface area contributed by atoms with Crippen molar-refractivity contribution in [2.24, 2.45) is 5.10 Å². The molecular weight excluding hydrogens is 884 g/mol. The van der Waals surface area contributed by atoms with Crippen molar-refractivity contribution in [1.29, 1.82) is 0 Å². The molecule has 3 N–H and O–H groups in total. The molecule has 0 bridgehead atoms. The Labute approximate surface area is 413 Å². The summed E-state index contributed by atoms with van der Waals surface area (Å²) in [5.41, 5.74) is 6.90. The van der Waals surface area contributed by atoms with Gasteiger partial charge in [-0.3, -0.25) is 15.0 Å². The summed E-state index contributed by atoms with van der Waals surface area (Å²) in [6.07, 6.45) is 7.38. The molecule has 346 valence electrons. The smallest absolute Gasteiger partial charge is 0.744 e. The second kappa shape index (κ2) is 26.4. The Balaban J connectivity index is 0.00000840. The molecule has 0 aliphatic heterocycles. The molecule has 0 aliphatic carbocycles. The van der Waals surface area contributed by atoms with Gasteiger partial charge in [0.15, 0.2) is 5.82 Å². The van der Waals surface area contributed by atoms with Gasteiger partial charge in [-0.05, 0) is 84.3 Å². The number of aryl methyl sites for hydroxylation is 1. The van der Waals surface area contributed by atoms with Gasteiger partial charge in [-0.25, -0.2) is 23.1 Å². The maximum atomic E-state index is 12.5. The summed E-state index contributed by atoms with van der Waals surface area (Å²) >= 11 is 0. The van der Waals surface area contributed by atoms with Gasteiger partial charge >= 0.3 is 29.6 Å². The minimum atomic E-state index is -4.65. The Morgan fingerprint density at radius 2 is 1.51 bits per heavy atom. The van der Waals surface area contributed by atoms with Gasteiger partial charge in [0.05, 0.1) is 29.0 Å². The van der Waals surface area contributed by atoms with E-state index in [-0.39, 0.29) is 57.2 Å². The van der Waals surface area contributed by atoms with Crippen molar-refractivity contribution in [3.8, 4) is 28.3 Å². The van der Waals surface area contributed by atoms with Gasteiger partial charge < -0.3 is 24.7 Å². The van der Waals surface area contributed by atoms with Gasteiger partial charge in [-0.1, -0.05) is 92.7 Å². The summed E-state index contributed by atoms with van der Waals surface area (Å²) in [4.78, 5) is 33.6. The van der Waals surface area contributed by atoms with E-state index in [0.29, 0.717) is 82.4 Å². The molecule has 0 radical (unpaired) electrons. The molecule has 0 saturated heterocycles. The zero-order valence-electron chi connectivity index (χ0n) is 38.1. The number of ether oxygens (including phenoxy) is 2. The van der Waals surface area contributed by atoms with Gasteiger partial charge in [0.1, 0.15) is 15.9 Å². The summed E-state index contributed by atoms with van der Waals surface area (Å²) in [5.74, 6) is 1.36. The third-order valence-electron chi connectivity index (χ3n) is 10.5. The SMILES string of the molecule is CC(C)(CCCCOc1cc(-c2ccccc2)cc(-c2ccccc2)n1)c1nnnn1CCCC(=O)NCCCOCCCNC(=O)c1ccc(N/N=C/c2ccccc2S(=O)(=O)[O-])nc1.[Na+]. The molecule has 19 heteroatoms. The first-order chi connectivity index (χ1) is 32.0. The summed E-state index contributed by atoms with van der Waals surface area (Å²) < 4.78 is 48.0. The van der Waals surface area contributed by atoms with Crippen molar-refractivity contribution in [2.75, 3.05) is 38.3 Å². The number of nitrogens with zero attached hydrogens (tertiary/aromatic N) is 7. The number of pyridine rings is 2. The molecule has 0 atom stereocenters. The van der Waals surface area contributed by atoms with Crippen molar-refractivity contribution in [3.05, 3.63) is 132 Å². The standard InChI is InChI=1S/C48H56N10O7S.Na/c1-48(2,25-11-12-31-65-45-33-40(36-16-5-3-6-17-36)32-41(53-45)37-18-7-4-8-19-37)47-55-56-57-58(47)28-13-22-44(59)49-26-14-29-64-30-15-27-50-46(60)39-23-24-43(51-34-39)54-52-35-38-20-9-10-21-42(38)66(61,62)63;/h3-10,16-21,23-24,32-35H,11-15,22,25-31H2,1-2H3,(H,49,59)(H,50,60)(H,51,54)(H,61,62,63);/q;+1/p-1/b52-35+;. The number of carbonyl (C=O) groups excluding carboxylic acids is 2. The van der Waals surface area contributed by atoms with Crippen LogP contribution in [-0.4, -0.2) is 94.1 Å². The minimum absolute atomic E-state index is 0. The average molecular weight is 939 g/mol. The van der Waals surface area contributed by atoms with Crippen LogP contribution in [0.2, 0.25) is 0 Å². The number of nitrogens with one attached hydrogen (secondary N) is 3. The van der Waals surface area contributed by atoms with Crippen LogP contribution >= 0.6 is 0 Å². The van der Waals surface area contributed by atoms with Crippen LogP contribution in [0.4, 0.5) is 5.82 Å². The summed E-state index contributed by atoms with van der Waals surface area (Å²) in [5, 5.41) is 22.2. The van der Waals surface area contributed by atoms with Crippen LogP contribution in [0.15, 0.2) is 125 Å². The number of benzene rings is 3. The Hall–Kier alpha value is -5.89. The molecule has 3 aromatic heterocycles. The summed E-state index contributed by atoms with van der Waals surface area (Å²) in [6.45, 7) is 7.13. The maximum absolute atomic E-state index is 12.5. The first-order valence-corrected chi connectivity index (χ1v) is 23.3. The first kappa shape index (κ1) is 52.1. The van der Waals surface area contributed by atoms with E-state index >= 15 is 0 Å². The predicted molar refractivity (Wildman–Crippen MR) is 250 cm³/mol. The van der Waals surface area contributed by atoms with E-state index in [2.05, 4.69) is 85.8 Å². The number of anilines is 1. The van der Waals surface area contributed by atoms with Crippen LogP contribution < -0.4 is 50.4 Å². The van der Waals surface area contributed by atoms with Crippen LogP contribution in [0.25, 0.3) is 22.4 Å². The van der Waals surface area contributed by atoms with E-state index in [1.165, 1.54) is 30.6 Å². The number of carbonyl (C=O) groups is 2. The van der Waals surface area contributed by atoms with Crippen LogP contribution in [0.3, 0.4) is 0 Å². The number of unbranched alkanes of at least 4 members (excludes halogenated alkanes) is 1. The number of hydrazone groups is 1. The van der Waals surface area contributed by atoms with Crippen LogP contribution in [0.5, 0.6) is 5.88 Å². The molecular formula is C48H55N10NaO7S. The van der Waals surface area contributed by atoms with Gasteiger partial charge in [0.2, 0.25) is 11.8 Å². The van der Waals surface area contributed by atoms with Gasteiger partial charge in [0, 0.05) is 68.1 Å². The number of aromatic nitrogens is 6. The molecule has 3 heterocycles. The molecule has 6 aromatic rings. The zero-order chi connectivity index (χ0) is 46.6. The van der Waals surface area contributed by atoms with Crippen molar-refractivity contribution in [1.82, 2.24) is 40.8 Å². The molecule has 0 fully saturated rings. The van der Waals surface area contributed by atoms with E-state index in [4.69, 9.17) is 14.5 Å². The number of amides is 2. The predicted octanol–water partition coefficient (Wildman–Crippen LogP) is 3.80. The second-order valence-corrected chi connectivity index (χ2v) is 17.4. The molecule has 0 spiro atoms. The summed E-state index contributed by atoms with van der Waals surface area (Å²) in [7, 11) is -4.65. The molecule has 17 nitrogen and oxygen atoms in total. The van der Waals surface area contributed by atoms with E-state index in [1.54, 1.807) is 22.9 Å². The zero-order valence-corrected chi connectivity index (χ0v) is 41.0. The number of tetrazole rings is 1. The fraction of sp³-hybridized carbons (Fsp3) is 0.333. The Morgan fingerprint density at radius 3 is 2.22 bits per heavy atom. The van der Waals surface area contributed by atoms with E-state index < -0.39 is 10.1 Å². The second-order valence-electron chi connectivity index (χ2n) is 16.0. The average Bonchev–Trinajstić information content (AvgIpc) is 3.81. The molecule has 0 aliphatic rings. The topological polar surface area (TPSA) is 228 Å². The quantitative estimate of drug-likeness (QED) is 0.0232. The normalized spacial score (nSPS) is 11.5. The number of hydrogen-bond donors (Lipinski definition) is 3. The first-order valence-electron chi connectivity index (χ1n) is 21.9. The maximum Gasteiger partial charge on any atom is 1.00 e. The summed E-state index contributed by atoms with van der Waals surface area (Å²) in [6, 6.07) is 33.2. The van der Waals surface area contributed by atoms with Crippen LogP contribution in [-0.2, 0) is 31.6 Å². The Kier molecular flexibility index (Phi) is 20.6. The number of rotatable bonds is 26. The van der Waals surface area contributed by atoms with Gasteiger partial charge in [-0.15, -0.1) is 5.10 Å². The Bertz CT molecular complexity index is 2560. The van der Waals surface area contributed by atoms with E-state index in [1.807, 2.05) is 42.5 Å². The monoisotopic (exact) mass is 938 g/mol. The van der Waals surface area contributed by atoms with Gasteiger partial charge in [0.25, 0.3) is 5.91 Å². The van der Waals surface area contributed by atoms with Crippen molar-refractivity contribution >= 4 is 34.0 Å². The third kappa shape index (κ3) is 16.7. The molecule has 67 heavy (non-hydrogen) atoms. The molecule has 6 rings (SSSR count). The van der Waals surface area contributed by atoms with Crippen molar-refractivity contribution in [2.45, 2.75) is 75.6 Å². The molecule has 3 aromatic carbocycles. The van der Waals surface area contributed by atoms with E-state index in [9.17, 15) is 22.6 Å².